The number of rotatable bonds is 6. The highest BCUT2D eigenvalue weighted by Crippen LogP contribution is 2.34. The normalized spacial score (nSPS) is 22.4. The van der Waals surface area contributed by atoms with E-state index in [1.807, 2.05) is 13.0 Å². The molecule has 2 fully saturated rings. The van der Waals surface area contributed by atoms with Crippen LogP contribution in [0.4, 0.5) is 0 Å². The molecule has 0 aliphatic carbocycles. The summed E-state index contributed by atoms with van der Waals surface area (Å²) in [5.74, 6) is 2.32. The third-order valence-electron chi connectivity index (χ3n) is 5.89. The minimum atomic E-state index is 0. The summed E-state index contributed by atoms with van der Waals surface area (Å²) in [6, 6.07) is 12.6. The van der Waals surface area contributed by atoms with Crippen molar-refractivity contribution >= 4 is 29.9 Å². The Balaban J connectivity index is 0.00000272. The number of aliphatic imine (C=N–C) groups is 1. The first-order chi connectivity index (χ1) is 14.7. The topological polar surface area (TPSA) is 66.1 Å². The smallest absolute Gasteiger partial charge is 0.194 e. The molecule has 1 aromatic carbocycles. The van der Waals surface area contributed by atoms with Crippen LogP contribution in [0.5, 0.6) is 0 Å². The van der Waals surface area contributed by atoms with Gasteiger partial charge in [-0.3, -0.25) is 9.89 Å². The van der Waals surface area contributed by atoms with E-state index in [-0.39, 0.29) is 30.1 Å². The van der Waals surface area contributed by atoms with Crippen LogP contribution in [0.1, 0.15) is 36.5 Å². The van der Waals surface area contributed by atoms with Crippen LogP contribution in [0.15, 0.2) is 45.9 Å². The Kier molecular flexibility index (Phi) is 9.15. The molecule has 0 amide bonds. The second-order valence-corrected chi connectivity index (χ2v) is 8.14. The van der Waals surface area contributed by atoms with Gasteiger partial charge in [-0.1, -0.05) is 35.5 Å². The molecule has 2 aromatic rings. The monoisotopic (exact) mass is 539 g/mol. The zero-order valence-corrected chi connectivity index (χ0v) is 20.8. The van der Waals surface area contributed by atoms with Crippen LogP contribution < -0.4 is 5.32 Å². The van der Waals surface area contributed by atoms with Gasteiger partial charge in [-0.15, -0.1) is 24.0 Å². The van der Waals surface area contributed by atoms with E-state index < -0.39 is 0 Å². The van der Waals surface area contributed by atoms with E-state index in [4.69, 9.17) is 14.3 Å². The number of aryl methyl sites for hydroxylation is 1. The van der Waals surface area contributed by atoms with E-state index in [0.717, 1.165) is 76.3 Å². The van der Waals surface area contributed by atoms with E-state index in [1.54, 1.807) is 0 Å². The maximum atomic E-state index is 6.04. The first-order valence-electron chi connectivity index (χ1n) is 11.1. The highest BCUT2D eigenvalue weighted by Gasteiger charge is 2.30. The lowest BCUT2D eigenvalue weighted by Gasteiger charge is -2.36. The Morgan fingerprint density at radius 2 is 1.97 bits per heavy atom. The predicted molar refractivity (Wildman–Crippen MR) is 133 cm³/mol. The summed E-state index contributed by atoms with van der Waals surface area (Å²) in [6.45, 7) is 11.3. The molecule has 1 N–H and O–H groups in total. The second-order valence-electron chi connectivity index (χ2n) is 8.14. The van der Waals surface area contributed by atoms with Crippen molar-refractivity contribution in [2.75, 3.05) is 45.9 Å². The molecule has 2 aliphatic heterocycles. The summed E-state index contributed by atoms with van der Waals surface area (Å²) in [5.41, 5.74) is 2.27. The third kappa shape index (κ3) is 6.43. The Hall–Kier alpha value is -1.65. The molecule has 2 aliphatic rings. The van der Waals surface area contributed by atoms with Crippen molar-refractivity contribution in [2.45, 2.75) is 32.9 Å². The molecule has 31 heavy (non-hydrogen) atoms. The number of hydrogen-bond acceptors (Lipinski definition) is 5. The fraction of sp³-hybridized carbons (Fsp3) is 0.565. The molecular weight excluding hydrogens is 505 g/mol. The Bertz CT molecular complexity index is 820. The fourth-order valence-corrected chi connectivity index (χ4v) is 4.30. The summed E-state index contributed by atoms with van der Waals surface area (Å²) in [5, 5.41) is 7.61. The van der Waals surface area contributed by atoms with Crippen LogP contribution in [0.2, 0.25) is 0 Å². The number of piperazine rings is 1. The van der Waals surface area contributed by atoms with Gasteiger partial charge in [0.1, 0.15) is 5.76 Å². The van der Waals surface area contributed by atoms with Crippen LogP contribution in [-0.2, 0) is 11.3 Å². The number of halogens is 1. The maximum absolute atomic E-state index is 6.04. The van der Waals surface area contributed by atoms with Gasteiger partial charge >= 0.3 is 0 Å². The summed E-state index contributed by atoms with van der Waals surface area (Å²) in [7, 11) is 0. The predicted octanol–water partition coefficient (Wildman–Crippen LogP) is 3.46. The molecule has 0 bridgehead atoms. The van der Waals surface area contributed by atoms with Gasteiger partial charge in [0, 0.05) is 64.4 Å². The van der Waals surface area contributed by atoms with Gasteiger partial charge in [-0.2, -0.15) is 0 Å². The number of hydrogen-bond donors (Lipinski definition) is 1. The molecule has 0 saturated carbocycles. The molecule has 7 nitrogen and oxygen atoms in total. The Morgan fingerprint density at radius 1 is 1.19 bits per heavy atom. The molecule has 2 saturated heterocycles. The lowest BCUT2D eigenvalue weighted by Crippen LogP contribution is -2.52. The standard InChI is InChI=1S/C23H33N5O2.HI/c1-3-24-23(25-16-20-9-14-29-22(20)19-7-5-4-6-8-19)28-12-10-27(11-13-28)17-21-15-18(2)30-26-21;/h4-8,15,20,22H,3,9-14,16-17H2,1-2H3,(H,24,25);1H. The minimum absolute atomic E-state index is 0. The minimum Gasteiger partial charge on any atom is -0.373 e. The van der Waals surface area contributed by atoms with E-state index in [1.165, 1.54) is 5.56 Å². The molecule has 1 aromatic heterocycles. The Labute approximate surface area is 202 Å². The number of ether oxygens (including phenoxy) is 1. The van der Waals surface area contributed by atoms with Gasteiger partial charge in [-0.05, 0) is 25.8 Å². The van der Waals surface area contributed by atoms with Crippen LogP contribution in [0, 0.1) is 12.8 Å². The SMILES string of the molecule is CCNC(=NCC1CCOC1c1ccccc1)N1CCN(Cc2cc(C)on2)CC1.I. The van der Waals surface area contributed by atoms with Gasteiger partial charge in [0.05, 0.1) is 11.8 Å². The average Bonchev–Trinajstić information content (AvgIpc) is 3.41. The second kappa shape index (κ2) is 11.8. The van der Waals surface area contributed by atoms with Crippen LogP contribution in [0.25, 0.3) is 0 Å². The lowest BCUT2D eigenvalue weighted by molar-refractivity contribution is 0.0924. The van der Waals surface area contributed by atoms with Crippen molar-refractivity contribution in [2.24, 2.45) is 10.9 Å². The molecule has 2 atom stereocenters. The van der Waals surface area contributed by atoms with Crippen LogP contribution >= 0.6 is 24.0 Å². The number of nitrogens with one attached hydrogen (secondary N) is 1. The maximum Gasteiger partial charge on any atom is 0.194 e. The molecule has 170 valence electrons. The summed E-state index contributed by atoms with van der Waals surface area (Å²) in [6.07, 6.45) is 1.22. The highest BCUT2D eigenvalue weighted by molar-refractivity contribution is 14.0. The van der Waals surface area contributed by atoms with E-state index in [0.29, 0.717) is 5.92 Å². The van der Waals surface area contributed by atoms with E-state index >= 15 is 0 Å². The first-order valence-corrected chi connectivity index (χ1v) is 11.1. The molecule has 0 spiro atoms. The number of aromatic nitrogens is 1. The van der Waals surface area contributed by atoms with Crippen LogP contribution in [-0.4, -0.2) is 66.8 Å². The Morgan fingerprint density at radius 3 is 2.65 bits per heavy atom. The largest absolute Gasteiger partial charge is 0.373 e. The van der Waals surface area contributed by atoms with Gasteiger partial charge in [-0.25, -0.2) is 0 Å². The van der Waals surface area contributed by atoms with Crippen molar-refractivity contribution in [1.82, 2.24) is 20.3 Å². The van der Waals surface area contributed by atoms with Gasteiger partial charge in [0.2, 0.25) is 0 Å². The molecular formula is C23H34IN5O2. The van der Waals surface area contributed by atoms with Gasteiger partial charge in [0.25, 0.3) is 0 Å². The van der Waals surface area contributed by atoms with E-state index in [9.17, 15) is 0 Å². The lowest BCUT2D eigenvalue weighted by atomic mass is 9.95. The number of nitrogens with zero attached hydrogens (tertiary/aromatic N) is 4. The van der Waals surface area contributed by atoms with Crippen molar-refractivity contribution in [3.8, 4) is 0 Å². The molecule has 8 heteroatoms. The average molecular weight is 539 g/mol. The molecule has 0 radical (unpaired) electrons. The zero-order chi connectivity index (χ0) is 20.8. The zero-order valence-electron chi connectivity index (χ0n) is 18.5. The van der Waals surface area contributed by atoms with E-state index in [2.05, 4.69) is 57.5 Å². The third-order valence-corrected chi connectivity index (χ3v) is 5.89. The quantitative estimate of drug-likeness (QED) is 0.345. The van der Waals surface area contributed by atoms with Gasteiger partial charge in [0.15, 0.2) is 5.96 Å². The van der Waals surface area contributed by atoms with Crippen molar-refractivity contribution in [1.29, 1.82) is 0 Å². The van der Waals surface area contributed by atoms with Crippen molar-refractivity contribution in [3.05, 3.63) is 53.4 Å². The number of guanidine groups is 1. The molecule has 3 heterocycles. The number of benzene rings is 1. The van der Waals surface area contributed by atoms with Crippen molar-refractivity contribution < 1.29 is 9.26 Å². The summed E-state index contributed by atoms with van der Waals surface area (Å²) < 4.78 is 11.2. The highest BCUT2D eigenvalue weighted by atomic mass is 127. The first kappa shape index (κ1) is 24.0. The van der Waals surface area contributed by atoms with Crippen LogP contribution in [0.3, 0.4) is 0 Å². The summed E-state index contributed by atoms with van der Waals surface area (Å²) in [4.78, 5) is 9.81. The fourth-order valence-electron chi connectivity index (χ4n) is 4.30. The summed E-state index contributed by atoms with van der Waals surface area (Å²) >= 11 is 0. The molecule has 4 rings (SSSR count). The molecule has 2 unspecified atom stereocenters. The van der Waals surface area contributed by atoms with Crippen molar-refractivity contribution in [3.63, 3.8) is 0 Å². The van der Waals surface area contributed by atoms with Gasteiger partial charge < -0.3 is 19.5 Å².